The normalized spacial score (nSPS) is 14.0. The zero-order chi connectivity index (χ0) is 15.5. The summed E-state index contributed by atoms with van der Waals surface area (Å²) in [4.78, 5) is 4.05. The third kappa shape index (κ3) is 3.81. The highest BCUT2D eigenvalue weighted by molar-refractivity contribution is 5.85. The number of aromatic nitrogens is 2. The van der Waals surface area contributed by atoms with Gasteiger partial charge in [0.1, 0.15) is 11.4 Å². The van der Waals surface area contributed by atoms with Crippen LogP contribution in [0.2, 0.25) is 0 Å². The van der Waals surface area contributed by atoms with E-state index in [1.165, 1.54) is 0 Å². The maximum absolute atomic E-state index is 11.3. The van der Waals surface area contributed by atoms with E-state index in [0.29, 0.717) is 13.2 Å². The Bertz CT molecular complexity index is 561. The summed E-state index contributed by atoms with van der Waals surface area (Å²) >= 11 is 0. The van der Waals surface area contributed by atoms with Crippen LogP contribution in [-0.2, 0) is 12.1 Å². The van der Waals surface area contributed by atoms with Crippen LogP contribution in [0.15, 0.2) is 43.0 Å². The first-order chi connectivity index (χ1) is 9.87. The second-order valence-corrected chi connectivity index (χ2v) is 6.30. The number of hydrogen-bond acceptors (Lipinski definition) is 3. The van der Waals surface area contributed by atoms with Gasteiger partial charge in [0.15, 0.2) is 0 Å². The predicted molar refractivity (Wildman–Crippen MR) is 90.4 cm³/mol. The van der Waals surface area contributed by atoms with Gasteiger partial charge in [-0.25, -0.2) is 4.98 Å². The van der Waals surface area contributed by atoms with Crippen molar-refractivity contribution in [2.24, 2.45) is 5.41 Å². The number of benzene rings is 1. The quantitative estimate of drug-likeness (QED) is 0.913. The van der Waals surface area contributed by atoms with E-state index >= 15 is 0 Å². The van der Waals surface area contributed by atoms with Crippen molar-refractivity contribution in [2.75, 3.05) is 6.61 Å². The van der Waals surface area contributed by atoms with E-state index in [-0.39, 0.29) is 17.8 Å². The fourth-order valence-corrected chi connectivity index (χ4v) is 2.40. The van der Waals surface area contributed by atoms with Gasteiger partial charge in [0, 0.05) is 12.4 Å². The number of aliphatic hydroxyl groups is 1. The predicted octanol–water partition coefficient (Wildman–Crippen LogP) is 3.64. The van der Waals surface area contributed by atoms with Crippen molar-refractivity contribution >= 4 is 12.4 Å². The molecule has 0 aliphatic rings. The summed E-state index contributed by atoms with van der Waals surface area (Å²) in [5.74, 6) is 0.820. The van der Waals surface area contributed by atoms with Crippen molar-refractivity contribution in [2.45, 2.75) is 39.8 Å². The number of hydrogen-bond donors (Lipinski definition) is 1. The standard InChI is InChI=1S/C17H24N2O2.ClH/c1-5-21-15-8-6-14(7-9-15)17(20,16(2,3)4)12-19-11-10-18-13-19;/h6-11,13,20H,5,12H2,1-4H3;1H. The first kappa shape index (κ1) is 18.5. The van der Waals surface area contributed by atoms with Crippen LogP contribution in [0.5, 0.6) is 5.75 Å². The Labute approximate surface area is 138 Å². The van der Waals surface area contributed by atoms with E-state index in [2.05, 4.69) is 4.98 Å². The number of imidazole rings is 1. The third-order valence-corrected chi connectivity index (χ3v) is 3.85. The van der Waals surface area contributed by atoms with Gasteiger partial charge in [-0.3, -0.25) is 0 Å². The summed E-state index contributed by atoms with van der Waals surface area (Å²) in [5.41, 5.74) is -0.421. The van der Waals surface area contributed by atoms with E-state index in [1.807, 2.05) is 62.7 Å². The number of ether oxygens (including phenoxy) is 1. The van der Waals surface area contributed by atoms with E-state index in [9.17, 15) is 5.11 Å². The molecule has 1 heterocycles. The Balaban J connectivity index is 0.00000242. The molecule has 0 spiro atoms. The summed E-state index contributed by atoms with van der Waals surface area (Å²) in [6, 6.07) is 7.69. The lowest BCUT2D eigenvalue weighted by Gasteiger charge is -2.41. The van der Waals surface area contributed by atoms with Crippen LogP contribution in [-0.4, -0.2) is 21.3 Å². The van der Waals surface area contributed by atoms with Crippen molar-refractivity contribution in [3.05, 3.63) is 48.5 Å². The van der Waals surface area contributed by atoms with Crippen LogP contribution in [0.1, 0.15) is 33.3 Å². The molecule has 1 aromatic heterocycles. The molecule has 0 amide bonds. The van der Waals surface area contributed by atoms with E-state index < -0.39 is 5.60 Å². The Morgan fingerprint density at radius 2 is 1.82 bits per heavy atom. The van der Waals surface area contributed by atoms with Crippen LogP contribution < -0.4 is 4.74 Å². The van der Waals surface area contributed by atoms with Gasteiger partial charge in [0.05, 0.1) is 19.5 Å². The monoisotopic (exact) mass is 324 g/mol. The summed E-state index contributed by atoms with van der Waals surface area (Å²) < 4.78 is 7.37. The molecule has 1 atom stereocenters. The molecule has 0 fully saturated rings. The van der Waals surface area contributed by atoms with E-state index in [1.54, 1.807) is 12.5 Å². The van der Waals surface area contributed by atoms with Crippen LogP contribution in [0.4, 0.5) is 0 Å². The molecule has 22 heavy (non-hydrogen) atoms. The molecule has 1 unspecified atom stereocenters. The minimum absolute atomic E-state index is 0. The Kier molecular flexibility index (Phi) is 6.03. The molecule has 0 aliphatic carbocycles. The molecule has 0 saturated carbocycles. The number of halogens is 1. The molecule has 2 rings (SSSR count). The Morgan fingerprint density at radius 3 is 2.27 bits per heavy atom. The van der Waals surface area contributed by atoms with Crippen LogP contribution in [0, 0.1) is 5.41 Å². The molecule has 122 valence electrons. The highest BCUT2D eigenvalue weighted by Gasteiger charge is 2.41. The minimum Gasteiger partial charge on any atom is -0.494 e. The first-order valence-electron chi connectivity index (χ1n) is 7.28. The lowest BCUT2D eigenvalue weighted by Crippen LogP contribution is -2.43. The fraction of sp³-hybridized carbons (Fsp3) is 0.471. The molecule has 4 nitrogen and oxygen atoms in total. The lowest BCUT2D eigenvalue weighted by molar-refractivity contribution is -0.0781. The molecule has 1 aromatic carbocycles. The fourth-order valence-electron chi connectivity index (χ4n) is 2.40. The van der Waals surface area contributed by atoms with Crippen LogP contribution in [0.25, 0.3) is 0 Å². The molecular formula is C17H25ClN2O2. The van der Waals surface area contributed by atoms with E-state index in [0.717, 1.165) is 11.3 Å². The molecule has 1 N–H and O–H groups in total. The Hall–Kier alpha value is -1.52. The van der Waals surface area contributed by atoms with Gasteiger partial charge in [0.2, 0.25) is 0 Å². The third-order valence-electron chi connectivity index (χ3n) is 3.85. The lowest BCUT2D eigenvalue weighted by atomic mass is 9.72. The average molecular weight is 325 g/mol. The molecule has 0 radical (unpaired) electrons. The van der Waals surface area contributed by atoms with Gasteiger partial charge in [-0.2, -0.15) is 0 Å². The second-order valence-electron chi connectivity index (χ2n) is 6.30. The molecular weight excluding hydrogens is 300 g/mol. The topological polar surface area (TPSA) is 47.3 Å². The zero-order valence-electron chi connectivity index (χ0n) is 13.6. The highest BCUT2D eigenvalue weighted by Crippen LogP contribution is 2.41. The SMILES string of the molecule is CCOc1ccc(C(O)(Cn2ccnc2)C(C)(C)C)cc1.Cl. The number of rotatable bonds is 5. The molecule has 0 saturated heterocycles. The van der Waals surface area contributed by atoms with Crippen molar-refractivity contribution in [1.82, 2.24) is 9.55 Å². The summed E-state index contributed by atoms with van der Waals surface area (Å²) in [6.45, 7) is 9.18. The summed E-state index contributed by atoms with van der Waals surface area (Å²) in [6.07, 6.45) is 5.32. The van der Waals surface area contributed by atoms with Crippen LogP contribution >= 0.6 is 12.4 Å². The van der Waals surface area contributed by atoms with Crippen LogP contribution in [0.3, 0.4) is 0 Å². The molecule has 5 heteroatoms. The number of nitrogens with zero attached hydrogens (tertiary/aromatic N) is 2. The second kappa shape index (κ2) is 7.16. The molecule has 2 aromatic rings. The van der Waals surface area contributed by atoms with Gasteiger partial charge >= 0.3 is 0 Å². The van der Waals surface area contributed by atoms with Crippen molar-refractivity contribution in [3.8, 4) is 5.75 Å². The maximum Gasteiger partial charge on any atom is 0.119 e. The van der Waals surface area contributed by atoms with Gasteiger partial charge in [0.25, 0.3) is 0 Å². The highest BCUT2D eigenvalue weighted by atomic mass is 35.5. The average Bonchev–Trinajstić information content (AvgIpc) is 2.91. The Morgan fingerprint density at radius 1 is 1.18 bits per heavy atom. The molecule has 0 bridgehead atoms. The largest absolute Gasteiger partial charge is 0.494 e. The summed E-state index contributed by atoms with van der Waals surface area (Å²) in [7, 11) is 0. The maximum atomic E-state index is 11.3. The van der Waals surface area contributed by atoms with Gasteiger partial charge in [-0.1, -0.05) is 32.9 Å². The van der Waals surface area contributed by atoms with Gasteiger partial charge < -0.3 is 14.4 Å². The van der Waals surface area contributed by atoms with Crippen molar-refractivity contribution in [3.63, 3.8) is 0 Å². The minimum atomic E-state index is -0.988. The smallest absolute Gasteiger partial charge is 0.119 e. The van der Waals surface area contributed by atoms with Gasteiger partial charge in [-0.05, 0) is 30.0 Å². The zero-order valence-corrected chi connectivity index (χ0v) is 14.4. The first-order valence-corrected chi connectivity index (χ1v) is 7.28. The molecule has 0 aliphatic heterocycles. The van der Waals surface area contributed by atoms with Crippen molar-refractivity contribution in [1.29, 1.82) is 0 Å². The van der Waals surface area contributed by atoms with E-state index in [4.69, 9.17) is 4.74 Å². The van der Waals surface area contributed by atoms with Gasteiger partial charge in [-0.15, -0.1) is 12.4 Å². The summed E-state index contributed by atoms with van der Waals surface area (Å²) in [5, 5.41) is 11.3. The van der Waals surface area contributed by atoms with Crippen molar-refractivity contribution < 1.29 is 9.84 Å².